The van der Waals surface area contributed by atoms with Crippen LogP contribution in [0.15, 0.2) is 55.1 Å². The molecule has 3 heterocycles. The van der Waals surface area contributed by atoms with Gasteiger partial charge in [-0.1, -0.05) is 37.3 Å². The van der Waals surface area contributed by atoms with Crippen molar-refractivity contribution in [2.75, 3.05) is 18.1 Å². The van der Waals surface area contributed by atoms with Gasteiger partial charge in [-0.25, -0.2) is 4.39 Å². The summed E-state index contributed by atoms with van der Waals surface area (Å²) in [7, 11) is 0. The number of alkyl halides is 1. The Kier molecular flexibility index (Phi) is 7.19. The molecular formula is C30H34FIN2O4. The predicted molar refractivity (Wildman–Crippen MR) is 152 cm³/mol. The second-order valence-corrected chi connectivity index (χ2v) is 12.4. The highest BCUT2D eigenvalue weighted by atomic mass is 127. The van der Waals surface area contributed by atoms with Crippen molar-refractivity contribution in [3.05, 3.63) is 75.4 Å². The van der Waals surface area contributed by atoms with E-state index in [1.54, 1.807) is 15.9 Å². The van der Waals surface area contributed by atoms with E-state index in [1.807, 2.05) is 49.4 Å². The first-order valence-corrected chi connectivity index (χ1v) is 14.2. The van der Waals surface area contributed by atoms with Crippen LogP contribution in [0.2, 0.25) is 0 Å². The Hall–Kier alpha value is -2.30. The van der Waals surface area contributed by atoms with Gasteiger partial charge >= 0.3 is 0 Å². The van der Waals surface area contributed by atoms with Crippen LogP contribution in [0.1, 0.15) is 43.9 Å². The Balaban J connectivity index is 1.51. The molecule has 0 unspecified atom stereocenters. The summed E-state index contributed by atoms with van der Waals surface area (Å²) in [4.78, 5) is 31.1. The summed E-state index contributed by atoms with van der Waals surface area (Å²) in [5, 5.41) is 10.1. The third kappa shape index (κ3) is 4.29. The van der Waals surface area contributed by atoms with Crippen molar-refractivity contribution in [1.29, 1.82) is 0 Å². The maximum absolute atomic E-state index is 15.9. The SMILES string of the molecule is C=CCN1C(=O)[C@@]2(O[C@@H](CC(=O)N3Cc4ccccc4C[C@H]3CO)[C@H](C(C)(C)F)[C@H]2C)c2cc(I)ccc21. The fourth-order valence-corrected chi connectivity index (χ4v) is 7.35. The molecule has 2 amide bonds. The Bertz CT molecular complexity index is 1280. The number of hydrogen-bond acceptors (Lipinski definition) is 4. The van der Waals surface area contributed by atoms with E-state index in [-0.39, 0.29) is 30.9 Å². The van der Waals surface area contributed by atoms with E-state index >= 15 is 4.39 Å². The Labute approximate surface area is 237 Å². The molecule has 1 N–H and O–H groups in total. The quantitative estimate of drug-likeness (QED) is 0.369. The van der Waals surface area contributed by atoms with Crippen molar-refractivity contribution in [2.24, 2.45) is 11.8 Å². The van der Waals surface area contributed by atoms with E-state index in [1.165, 1.54) is 13.8 Å². The average Bonchev–Trinajstić information content (AvgIpc) is 3.29. The standard InChI is InChI=1S/C30H34FIN2O4/c1-5-12-33-24-11-10-21(32)14-23(24)30(28(33)37)18(2)27(29(3,4)31)25(38-30)15-26(36)34-16-20-9-7-6-8-19(20)13-22(34)17-35/h5-11,14,18,22,25,27,35H,1,12-13,15-17H2,2-4H3/t18-,22+,25+,27-,30+/m1/s1. The highest BCUT2D eigenvalue weighted by Gasteiger charge is 2.66. The van der Waals surface area contributed by atoms with Gasteiger partial charge in [0.2, 0.25) is 5.91 Å². The number of carbonyl (C=O) groups excluding carboxylic acids is 2. The van der Waals surface area contributed by atoms with E-state index in [2.05, 4.69) is 29.2 Å². The van der Waals surface area contributed by atoms with Crippen LogP contribution in [0.25, 0.3) is 0 Å². The lowest BCUT2D eigenvalue weighted by atomic mass is 9.71. The van der Waals surface area contributed by atoms with Gasteiger partial charge in [-0.3, -0.25) is 9.59 Å². The number of aliphatic hydroxyl groups excluding tert-OH is 1. The van der Waals surface area contributed by atoms with E-state index in [0.29, 0.717) is 25.1 Å². The highest BCUT2D eigenvalue weighted by molar-refractivity contribution is 14.1. The molecule has 3 aliphatic heterocycles. The minimum Gasteiger partial charge on any atom is -0.394 e. The molecule has 202 valence electrons. The molecule has 0 aliphatic carbocycles. The molecule has 3 aliphatic rings. The lowest BCUT2D eigenvalue weighted by molar-refractivity contribution is -0.151. The zero-order valence-electron chi connectivity index (χ0n) is 22.0. The minimum atomic E-state index is -1.70. The molecule has 0 bridgehead atoms. The maximum Gasteiger partial charge on any atom is 0.264 e. The van der Waals surface area contributed by atoms with Gasteiger partial charge < -0.3 is 19.6 Å². The van der Waals surface area contributed by atoms with Gasteiger partial charge in [0, 0.05) is 34.1 Å². The fraction of sp³-hybridized carbons (Fsp3) is 0.467. The van der Waals surface area contributed by atoms with Crippen LogP contribution < -0.4 is 4.90 Å². The average molecular weight is 633 g/mol. The van der Waals surface area contributed by atoms with E-state index in [4.69, 9.17) is 4.74 Å². The van der Waals surface area contributed by atoms with Crippen LogP contribution in [-0.4, -0.2) is 52.8 Å². The molecule has 0 radical (unpaired) electrons. The summed E-state index contributed by atoms with van der Waals surface area (Å²) < 4.78 is 23.5. The van der Waals surface area contributed by atoms with Gasteiger partial charge in [0.05, 0.1) is 30.9 Å². The van der Waals surface area contributed by atoms with Gasteiger partial charge in [-0.05, 0) is 72.2 Å². The third-order valence-electron chi connectivity index (χ3n) is 8.50. The lowest BCUT2D eigenvalue weighted by Gasteiger charge is -2.37. The number of anilines is 1. The molecule has 2 aromatic carbocycles. The predicted octanol–water partition coefficient (Wildman–Crippen LogP) is 4.75. The Morgan fingerprint density at radius 3 is 2.66 bits per heavy atom. The zero-order valence-corrected chi connectivity index (χ0v) is 24.2. The molecule has 1 spiro atoms. The second kappa shape index (κ2) is 10.0. The van der Waals surface area contributed by atoms with Crippen LogP contribution in [0.3, 0.4) is 0 Å². The smallest absolute Gasteiger partial charge is 0.264 e. The van der Waals surface area contributed by atoms with E-state index in [0.717, 1.165) is 20.4 Å². The van der Waals surface area contributed by atoms with Gasteiger partial charge in [0.1, 0.15) is 5.67 Å². The zero-order chi connectivity index (χ0) is 27.4. The van der Waals surface area contributed by atoms with Crippen LogP contribution in [0.5, 0.6) is 0 Å². The topological polar surface area (TPSA) is 70.1 Å². The number of amides is 2. The summed E-state index contributed by atoms with van der Waals surface area (Å²) in [6, 6.07) is 13.3. The number of ether oxygens (including phenoxy) is 1. The number of fused-ring (bicyclic) bond motifs is 3. The number of benzene rings is 2. The van der Waals surface area contributed by atoms with Crippen molar-refractivity contribution in [1.82, 2.24) is 4.90 Å². The Morgan fingerprint density at radius 1 is 1.29 bits per heavy atom. The van der Waals surface area contributed by atoms with Crippen LogP contribution in [0.4, 0.5) is 10.1 Å². The van der Waals surface area contributed by atoms with Gasteiger partial charge in [0.25, 0.3) is 5.91 Å². The normalized spacial score (nSPS) is 28.5. The molecule has 5 rings (SSSR count). The molecule has 1 fully saturated rings. The molecule has 2 aromatic rings. The van der Waals surface area contributed by atoms with Crippen molar-refractivity contribution < 1.29 is 23.8 Å². The summed E-state index contributed by atoms with van der Waals surface area (Å²) in [5.41, 5.74) is 0.523. The molecule has 8 heteroatoms. The van der Waals surface area contributed by atoms with Gasteiger partial charge in [-0.15, -0.1) is 6.58 Å². The van der Waals surface area contributed by atoms with E-state index in [9.17, 15) is 14.7 Å². The summed E-state index contributed by atoms with van der Waals surface area (Å²) in [5.74, 6) is -1.67. The first kappa shape index (κ1) is 27.3. The number of carbonyl (C=O) groups is 2. The molecular weight excluding hydrogens is 598 g/mol. The number of aliphatic hydroxyl groups is 1. The molecule has 1 saturated heterocycles. The fourth-order valence-electron chi connectivity index (χ4n) is 6.86. The maximum atomic E-state index is 15.9. The van der Waals surface area contributed by atoms with Gasteiger partial charge in [0.15, 0.2) is 5.60 Å². The second-order valence-electron chi connectivity index (χ2n) is 11.2. The number of rotatable bonds is 6. The van der Waals surface area contributed by atoms with Crippen molar-refractivity contribution >= 4 is 40.1 Å². The molecule has 0 aromatic heterocycles. The highest BCUT2D eigenvalue weighted by Crippen LogP contribution is 2.58. The summed E-state index contributed by atoms with van der Waals surface area (Å²) in [6.45, 7) is 9.19. The minimum absolute atomic E-state index is 0.0726. The monoisotopic (exact) mass is 632 g/mol. The van der Waals surface area contributed by atoms with Gasteiger partial charge in [-0.2, -0.15) is 0 Å². The molecule has 0 saturated carbocycles. The van der Waals surface area contributed by atoms with E-state index < -0.39 is 29.2 Å². The van der Waals surface area contributed by atoms with Crippen LogP contribution >= 0.6 is 22.6 Å². The summed E-state index contributed by atoms with van der Waals surface area (Å²) >= 11 is 2.20. The summed E-state index contributed by atoms with van der Waals surface area (Å²) in [6.07, 6.45) is 1.34. The van der Waals surface area contributed by atoms with Crippen molar-refractivity contribution in [2.45, 2.75) is 63.6 Å². The largest absolute Gasteiger partial charge is 0.394 e. The molecule has 5 atom stereocenters. The first-order valence-electron chi connectivity index (χ1n) is 13.1. The molecule has 38 heavy (non-hydrogen) atoms. The number of hydrogen-bond donors (Lipinski definition) is 1. The van der Waals surface area contributed by atoms with Crippen molar-refractivity contribution in [3.8, 4) is 0 Å². The van der Waals surface area contributed by atoms with Crippen molar-refractivity contribution in [3.63, 3.8) is 0 Å². The Morgan fingerprint density at radius 2 is 2.00 bits per heavy atom. The number of nitrogens with zero attached hydrogens (tertiary/aromatic N) is 2. The van der Waals surface area contributed by atoms with Crippen LogP contribution in [-0.2, 0) is 32.9 Å². The van der Waals surface area contributed by atoms with Crippen LogP contribution in [0, 0.1) is 15.4 Å². The first-order chi connectivity index (χ1) is 18.0. The third-order valence-corrected chi connectivity index (χ3v) is 9.17. The number of halogens is 2. The molecule has 6 nitrogen and oxygen atoms in total. The lowest BCUT2D eigenvalue weighted by Crippen LogP contribution is -2.48.